The summed E-state index contributed by atoms with van der Waals surface area (Å²) in [6.45, 7) is 1.52. The van der Waals surface area contributed by atoms with E-state index >= 15 is 0 Å². The highest BCUT2D eigenvalue weighted by Crippen LogP contribution is 2.28. The van der Waals surface area contributed by atoms with Crippen LogP contribution < -0.4 is 26.0 Å². The first-order valence-electron chi connectivity index (χ1n) is 10.8. The highest BCUT2D eigenvalue weighted by Gasteiger charge is 2.23. The number of hydrogen-bond donors (Lipinski definition) is 1. The maximum Gasteiger partial charge on any atom is 0.332 e. The van der Waals surface area contributed by atoms with Gasteiger partial charge in [-0.15, -0.1) is 0 Å². The third-order valence-corrected chi connectivity index (χ3v) is 5.97. The molecule has 1 saturated heterocycles. The Morgan fingerprint density at radius 1 is 1.03 bits per heavy atom. The maximum atomic E-state index is 13.6. The van der Waals surface area contributed by atoms with Crippen LogP contribution in [-0.2, 0) is 22.6 Å². The van der Waals surface area contributed by atoms with Gasteiger partial charge < -0.3 is 19.5 Å². The molecular weight excluding hydrogens is 426 g/mol. The van der Waals surface area contributed by atoms with Gasteiger partial charge in [0.1, 0.15) is 0 Å². The van der Waals surface area contributed by atoms with E-state index in [4.69, 9.17) is 14.2 Å². The first kappa shape index (κ1) is 22.6. The van der Waals surface area contributed by atoms with Crippen molar-refractivity contribution in [3.8, 4) is 11.5 Å². The summed E-state index contributed by atoms with van der Waals surface area (Å²) in [6.07, 6.45) is 2.00. The number of aromatic nitrogens is 2. The average molecular weight is 453 g/mol. The minimum Gasteiger partial charge on any atom is -0.493 e. The van der Waals surface area contributed by atoms with Crippen LogP contribution in [0.5, 0.6) is 11.5 Å². The van der Waals surface area contributed by atoms with Crippen molar-refractivity contribution in [1.82, 2.24) is 14.5 Å². The zero-order valence-electron chi connectivity index (χ0n) is 18.7. The molecule has 3 aromatic rings. The first-order valence-corrected chi connectivity index (χ1v) is 10.8. The zero-order chi connectivity index (χ0) is 23.4. The molecular formula is C24H27N3O6. The number of rotatable bonds is 8. The number of carbonyl (C=O) groups is 1. The van der Waals surface area contributed by atoms with Gasteiger partial charge >= 0.3 is 5.69 Å². The molecule has 1 fully saturated rings. The summed E-state index contributed by atoms with van der Waals surface area (Å²) in [5.41, 5.74) is 1.38. The topological polar surface area (TPSA) is 101 Å². The molecule has 0 spiro atoms. The van der Waals surface area contributed by atoms with Crippen molar-refractivity contribution in [2.75, 3.05) is 27.4 Å². The molecule has 2 heterocycles. The average Bonchev–Trinajstić information content (AvgIpc) is 2.86. The van der Waals surface area contributed by atoms with Crippen LogP contribution in [0.25, 0.3) is 10.9 Å². The Kier molecular flexibility index (Phi) is 6.79. The van der Waals surface area contributed by atoms with Crippen LogP contribution in [0.15, 0.2) is 46.0 Å². The summed E-state index contributed by atoms with van der Waals surface area (Å²) >= 11 is 0. The Morgan fingerprint density at radius 2 is 1.76 bits per heavy atom. The summed E-state index contributed by atoms with van der Waals surface area (Å²) in [4.78, 5) is 37.8. The van der Waals surface area contributed by atoms with Gasteiger partial charge in [-0.25, -0.2) is 4.79 Å². The predicted octanol–water partition coefficient (Wildman–Crippen LogP) is 1.83. The van der Waals surface area contributed by atoms with Crippen LogP contribution in [-0.4, -0.2) is 43.0 Å². The lowest BCUT2D eigenvalue weighted by Gasteiger charge is -2.26. The molecule has 0 radical (unpaired) electrons. The van der Waals surface area contributed by atoms with Crippen molar-refractivity contribution in [2.45, 2.75) is 32.0 Å². The van der Waals surface area contributed by atoms with Crippen molar-refractivity contribution in [2.24, 2.45) is 0 Å². The Labute approximate surface area is 190 Å². The zero-order valence-corrected chi connectivity index (χ0v) is 18.7. The number of nitrogens with zero attached hydrogens (tertiary/aromatic N) is 2. The second kappa shape index (κ2) is 9.91. The van der Waals surface area contributed by atoms with Gasteiger partial charge in [0.05, 0.1) is 31.7 Å². The second-order valence-corrected chi connectivity index (χ2v) is 7.93. The molecule has 174 valence electrons. The number of benzene rings is 2. The smallest absolute Gasteiger partial charge is 0.332 e. The number of methoxy groups -OCH3 is 2. The molecule has 33 heavy (non-hydrogen) atoms. The molecule has 0 atom stereocenters. The van der Waals surface area contributed by atoms with Crippen LogP contribution in [0.3, 0.4) is 0 Å². The van der Waals surface area contributed by atoms with Gasteiger partial charge in [-0.2, -0.15) is 0 Å². The molecule has 0 bridgehead atoms. The number of nitrogens with one attached hydrogen (secondary N) is 1. The van der Waals surface area contributed by atoms with E-state index in [1.807, 2.05) is 6.07 Å². The molecule has 0 unspecified atom stereocenters. The summed E-state index contributed by atoms with van der Waals surface area (Å²) in [5.74, 6) is 1.09. The lowest BCUT2D eigenvalue weighted by molar-refractivity contribution is -0.109. The molecule has 0 saturated carbocycles. The van der Waals surface area contributed by atoms with Gasteiger partial charge in [-0.3, -0.25) is 18.7 Å². The molecule has 9 heteroatoms. The van der Waals surface area contributed by atoms with E-state index < -0.39 is 0 Å². The summed E-state index contributed by atoms with van der Waals surface area (Å²) in [5, 5.41) is 3.05. The number of ether oxygens (including phenoxy) is 3. The Morgan fingerprint density at radius 3 is 2.45 bits per heavy atom. The van der Waals surface area contributed by atoms with E-state index in [9.17, 15) is 14.4 Å². The van der Waals surface area contributed by atoms with Crippen LogP contribution in [0.2, 0.25) is 0 Å². The molecule has 1 amide bonds. The fourth-order valence-corrected chi connectivity index (χ4v) is 4.30. The van der Waals surface area contributed by atoms with Crippen molar-refractivity contribution in [3.63, 3.8) is 0 Å². The highest BCUT2D eigenvalue weighted by molar-refractivity contribution is 5.79. The largest absolute Gasteiger partial charge is 0.493 e. The molecule has 4 rings (SSSR count). The minimum atomic E-state index is -0.374. The van der Waals surface area contributed by atoms with E-state index in [0.29, 0.717) is 61.4 Å². The Bertz CT molecular complexity index is 1270. The lowest BCUT2D eigenvalue weighted by Crippen LogP contribution is -2.42. The van der Waals surface area contributed by atoms with Crippen molar-refractivity contribution in [1.29, 1.82) is 0 Å². The normalized spacial score (nSPS) is 14.2. The molecule has 2 aromatic carbocycles. The third kappa shape index (κ3) is 4.49. The summed E-state index contributed by atoms with van der Waals surface area (Å²) in [6, 6.07) is 10.6. The predicted molar refractivity (Wildman–Crippen MR) is 123 cm³/mol. The molecule has 1 N–H and O–H groups in total. The number of fused-ring (bicyclic) bond motifs is 1. The second-order valence-electron chi connectivity index (χ2n) is 7.93. The van der Waals surface area contributed by atoms with E-state index in [2.05, 4.69) is 5.32 Å². The fourth-order valence-electron chi connectivity index (χ4n) is 4.30. The highest BCUT2D eigenvalue weighted by atomic mass is 16.5. The van der Waals surface area contributed by atoms with Crippen molar-refractivity contribution in [3.05, 3.63) is 68.4 Å². The van der Waals surface area contributed by atoms with E-state index in [1.165, 1.54) is 11.7 Å². The van der Waals surface area contributed by atoms with Gasteiger partial charge in [0, 0.05) is 25.8 Å². The van der Waals surface area contributed by atoms with Gasteiger partial charge in [0.15, 0.2) is 11.5 Å². The lowest BCUT2D eigenvalue weighted by atomic mass is 10.1. The third-order valence-electron chi connectivity index (χ3n) is 5.97. The number of amides is 1. The first-order chi connectivity index (χ1) is 16.1. The van der Waals surface area contributed by atoms with E-state index in [1.54, 1.807) is 42.0 Å². The molecule has 0 aliphatic carbocycles. The van der Waals surface area contributed by atoms with Crippen LogP contribution in [0, 0.1) is 0 Å². The quantitative estimate of drug-likeness (QED) is 0.523. The van der Waals surface area contributed by atoms with E-state index in [-0.39, 0.29) is 23.8 Å². The number of carbonyl (C=O) groups excluding carboxylic acids is 1. The van der Waals surface area contributed by atoms with E-state index in [0.717, 1.165) is 11.1 Å². The fraction of sp³-hybridized carbons (Fsp3) is 0.375. The maximum absolute atomic E-state index is 13.6. The molecule has 1 aliphatic rings. The van der Waals surface area contributed by atoms with Crippen LogP contribution >= 0.6 is 0 Å². The Balaban J connectivity index is 1.88. The van der Waals surface area contributed by atoms with Gasteiger partial charge in [0.2, 0.25) is 6.41 Å². The van der Waals surface area contributed by atoms with Crippen LogP contribution in [0.4, 0.5) is 0 Å². The van der Waals surface area contributed by atoms with Gasteiger partial charge in [0.25, 0.3) is 5.56 Å². The van der Waals surface area contributed by atoms with Gasteiger partial charge in [-0.05, 0) is 48.2 Å². The number of hydrogen-bond acceptors (Lipinski definition) is 6. The van der Waals surface area contributed by atoms with Crippen molar-refractivity contribution >= 4 is 17.3 Å². The van der Waals surface area contributed by atoms with Gasteiger partial charge in [-0.1, -0.05) is 12.1 Å². The summed E-state index contributed by atoms with van der Waals surface area (Å²) in [7, 11) is 3.09. The molecule has 1 aromatic heterocycles. The van der Waals surface area contributed by atoms with Crippen LogP contribution in [0.1, 0.15) is 30.0 Å². The SMILES string of the molecule is COc1ccc(Cn2c(=O)c3cc(CNC=O)ccc3n(C3CCOCC3)c2=O)cc1OC. The minimum absolute atomic E-state index is 0.0649. The summed E-state index contributed by atoms with van der Waals surface area (Å²) < 4.78 is 19.1. The molecule has 1 aliphatic heterocycles. The standard InChI is InChI=1S/C24H27N3O6/c1-31-21-6-4-17(12-22(21)32-2)14-26-23(29)19-11-16(13-25-15-28)3-5-20(19)27(24(26)30)18-7-9-33-10-8-18/h3-6,11-12,15,18H,7-10,13-14H2,1-2H3,(H,25,28). The van der Waals surface area contributed by atoms with Crippen molar-refractivity contribution < 1.29 is 19.0 Å². The molecule has 9 nitrogen and oxygen atoms in total. The monoisotopic (exact) mass is 453 g/mol. The Hall–Kier alpha value is -3.59.